The van der Waals surface area contributed by atoms with Gasteiger partial charge in [0.15, 0.2) is 0 Å². The maximum atomic E-state index is 12.2. The second-order valence-electron chi connectivity index (χ2n) is 8.40. The Labute approximate surface area is 163 Å². The molecule has 0 unspecified atom stereocenters. The maximum absolute atomic E-state index is 12.2. The summed E-state index contributed by atoms with van der Waals surface area (Å²) >= 11 is 0. The van der Waals surface area contributed by atoms with Crippen LogP contribution in [0.5, 0.6) is 0 Å². The molecule has 148 valence electrons. The molecule has 3 aliphatic rings. The van der Waals surface area contributed by atoms with Crippen molar-refractivity contribution >= 4 is 11.6 Å². The van der Waals surface area contributed by atoms with E-state index in [9.17, 15) is 9.59 Å². The van der Waals surface area contributed by atoms with Crippen molar-refractivity contribution < 1.29 is 0 Å². The molecule has 2 aliphatic carbocycles. The van der Waals surface area contributed by atoms with Gasteiger partial charge < -0.3 is 10.2 Å². The van der Waals surface area contributed by atoms with E-state index in [1.165, 1.54) is 38.4 Å². The number of aromatic nitrogens is 4. The fourth-order valence-electron chi connectivity index (χ4n) is 3.99. The summed E-state index contributed by atoms with van der Waals surface area (Å²) < 4.78 is 2.68. The number of nitrogens with one attached hydrogen (secondary N) is 1. The van der Waals surface area contributed by atoms with Crippen LogP contribution >= 0.6 is 0 Å². The first-order valence-corrected chi connectivity index (χ1v) is 10.2. The third-order valence-electron chi connectivity index (χ3n) is 6.07. The first kappa shape index (κ1) is 17.5. The second kappa shape index (κ2) is 6.46. The molecule has 1 aliphatic heterocycles. The molecule has 8 heteroatoms. The van der Waals surface area contributed by atoms with Crippen LogP contribution in [0.2, 0.25) is 0 Å². The normalized spacial score (nSPS) is 21.9. The van der Waals surface area contributed by atoms with Crippen LogP contribution in [-0.2, 0) is 14.1 Å². The number of nitrogens with zero attached hydrogens (tertiary/aromatic N) is 5. The topological polar surface area (TPSA) is 85.1 Å². The van der Waals surface area contributed by atoms with Gasteiger partial charge in [-0.2, -0.15) is 0 Å². The molecule has 2 saturated carbocycles. The molecule has 8 nitrogen and oxygen atoms in total. The third-order valence-corrected chi connectivity index (χ3v) is 6.07. The molecule has 3 heterocycles. The quantitative estimate of drug-likeness (QED) is 0.840. The van der Waals surface area contributed by atoms with Gasteiger partial charge in [-0.25, -0.2) is 14.8 Å². The molecule has 2 aromatic heterocycles. The average Bonchev–Trinajstić information content (AvgIpc) is 3.60. The zero-order chi connectivity index (χ0) is 19.4. The predicted octanol–water partition coefficient (Wildman–Crippen LogP) is 1.32. The fourth-order valence-corrected chi connectivity index (χ4v) is 3.99. The lowest BCUT2D eigenvalue weighted by Gasteiger charge is -2.22. The highest BCUT2D eigenvalue weighted by Gasteiger charge is 2.32. The van der Waals surface area contributed by atoms with Crippen molar-refractivity contribution in [2.24, 2.45) is 14.1 Å². The molecule has 0 spiro atoms. The van der Waals surface area contributed by atoms with Gasteiger partial charge in [0.1, 0.15) is 17.5 Å². The molecule has 1 saturated heterocycles. The maximum Gasteiger partial charge on any atom is 0.332 e. The molecule has 5 rings (SSSR count). The third kappa shape index (κ3) is 3.21. The van der Waals surface area contributed by atoms with Crippen molar-refractivity contribution in [3.8, 4) is 0 Å². The summed E-state index contributed by atoms with van der Waals surface area (Å²) in [5, 5.41) is 3.58. The van der Waals surface area contributed by atoms with E-state index < -0.39 is 0 Å². The SMILES string of the molecule is Cn1c(N2CC[C@@H](Nc3cc(C4CC4)nc(C4CC4)n3)C2)cc(=O)n(C)c1=O. The first-order valence-electron chi connectivity index (χ1n) is 10.2. The summed E-state index contributed by atoms with van der Waals surface area (Å²) in [6, 6.07) is 3.89. The number of rotatable bonds is 5. The van der Waals surface area contributed by atoms with E-state index in [1.54, 1.807) is 17.7 Å². The number of hydrogen-bond acceptors (Lipinski definition) is 6. The molecule has 1 atom stereocenters. The molecular weight excluding hydrogens is 356 g/mol. The standard InChI is InChI=1S/C20H26N6O2/c1-24-17(10-18(27)25(2)20(24)28)26-8-7-14(11-26)21-16-9-15(12-3-4-12)22-19(23-16)13-5-6-13/h9-10,12-14H,3-8,11H2,1-2H3,(H,21,22,23)/t14-/m1/s1. The molecule has 3 fully saturated rings. The molecule has 0 bridgehead atoms. The fraction of sp³-hybridized carbons (Fsp3) is 0.600. The Morgan fingerprint density at radius 3 is 2.43 bits per heavy atom. The largest absolute Gasteiger partial charge is 0.365 e. The van der Waals surface area contributed by atoms with E-state index in [-0.39, 0.29) is 17.3 Å². The van der Waals surface area contributed by atoms with E-state index in [0.29, 0.717) is 17.7 Å². The monoisotopic (exact) mass is 382 g/mol. The summed E-state index contributed by atoms with van der Waals surface area (Å²) in [5.41, 5.74) is 0.620. The zero-order valence-electron chi connectivity index (χ0n) is 16.4. The molecule has 2 aromatic rings. The van der Waals surface area contributed by atoms with Crippen molar-refractivity contribution in [3.63, 3.8) is 0 Å². The van der Waals surface area contributed by atoms with Crippen LogP contribution in [0.25, 0.3) is 0 Å². The van der Waals surface area contributed by atoms with Gasteiger partial charge in [0.25, 0.3) is 5.56 Å². The molecule has 0 amide bonds. The van der Waals surface area contributed by atoms with Crippen LogP contribution in [0.1, 0.15) is 55.5 Å². The van der Waals surface area contributed by atoms with Gasteiger partial charge in [-0.15, -0.1) is 0 Å². The summed E-state index contributed by atoms with van der Waals surface area (Å²) in [6.45, 7) is 1.54. The Bertz CT molecular complexity index is 1000. The van der Waals surface area contributed by atoms with Gasteiger partial charge in [-0.05, 0) is 32.1 Å². The van der Waals surface area contributed by atoms with Crippen LogP contribution in [0.15, 0.2) is 21.7 Å². The van der Waals surface area contributed by atoms with Gasteiger partial charge in [-0.1, -0.05) is 0 Å². The van der Waals surface area contributed by atoms with Gasteiger partial charge in [-0.3, -0.25) is 13.9 Å². The lowest BCUT2D eigenvalue weighted by atomic mass is 10.2. The minimum Gasteiger partial charge on any atom is -0.365 e. The smallest absolute Gasteiger partial charge is 0.332 e. The minimum absolute atomic E-state index is 0.230. The number of hydrogen-bond donors (Lipinski definition) is 1. The van der Waals surface area contributed by atoms with Gasteiger partial charge in [0, 0.05) is 62.9 Å². The van der Waals surface area contributed by atoms with E-state index in [1.807, 2.05) is 0 Å². The predicted molar refractivity (Wildman–Crippen MR) is 107 cm³/mol. The molecule has 0 aromatic carbocycles. The van der Waals surface area contributed by atoms with E-state index in [4.69, 9.17) is 9.97 Å². The lowest BCUT2D eigenvalue weighted by Crippen LogP contribution is -2.40. The molecular formula is C20H26N6O2. The Hall–Kier alpha value is -2.64. The van der Waals surface area contributed by atoms with Crippen molar-refractivity contribution in [1.82, 2.24) is 19.1 Å². The lowest BCUT2D eigenvalue weighted by molar-refractivity contribution is 0.672. The summed E-state index contributed by atoms with van der Waals surface area (Å²) in [4.78, 5) is 35.9. The summed E-state index contributed by atoms with van der Waals surface area (Å²) in [7, 11) is 3.22. The molecule has 28 heavy (non-hydrogen) atoms. The van der Waals surface area contributed by atoms with Gasteiger partial charge in [0.05, 0.1) is 0 Å². The van der Waals surface area contributed by atoms with Crippen molar-refractivity contribution in [2.45, 2.75) is 50.0 Å². The summed E-state index contributed by atoms with van der Waals surface area (Å²) in [6.07, 6.45) is 5.79. The first-order chi connectivity index (χ1) is 13.5. The second-order valence-corrected chi connectivity index (χ2v) is 8.40. The molecule has 1 N–H and O–H groups in total. The summed E-state index contributed by atoms with van der Waals surface area (Å²) in [5.74, 6) is 3.74. The Kier molecular flexibility index (Phi) is 4.03. The Morgan fingerprint density at radius 2 is 1.71 bits per heavy atom. The van der Waals surface area contributed by atoms with Crippen LogP contribution in [0, 0.1) is 0 Å². The van der Waals surface area contributed by atoms with Crippen LogP contribution < -0.4 is 21.5 Å². The average molecular weight is 382 g/mol. The number of anilines is 2. The van der Waals surface area contributed by atoms with E-state index in [2.05, 4.69) is 16.3 Å². The van der Waals surface area contributed by atoms with Gasteiger partial charge >= 0.3 is 5.69 Å². The highest BCUT2D eigenvalue weighted by atomic mass is 16.2. The van der Waals surface area contributed by atoms with Crippen molar-refractivity contribution in [2.75, 3.05) is 23.3 Å². The van der Waals surface area contributed by atoms with E-state index >= 15 is 0 Å². The van der Waals surface area contributed by atoms with Crippen molar-refractivity contribution in [3.05, 3.63) is 44.5 Å². The Balaban J connectivity index is 1.35. The highest BCUT2D eigenvalue weighted by Crippen LogP contribution is 2.43. The zero-order valence-corrected chi connectivity index (χ0v) is 16.4. The highest BCUT2D eigenvalue weighted by molar-refractivity contribution is 5.44. The van der Waals surface area contributed by atoms with Crippen LogP contribution in [0.4, 0.5) is 11.6 Å². The van der Waals surface area contributed by atoms with Crippen molar-refractivity contribution in [1.29, 1.82) is 0 Å². The van der Waals surface area contributed by atoms with Crippen LogP contribution in [-0.4, -0.2) is 38.2 Å². The minimum atomic E-state index is -0.294. The van der Waals surface area contributed by atoms with E-state index in [0.717, 1.165) is 35.7 Å². The van der Waals surface area contributed by atoms with Crippen LogP contribution in [0.3, 0.4) is 0 Å². The Morgan fingerprint density at radius 1 is 0.964 bits per heavy atom. The molecule has 0 radical (unpaired) electrons. The van der Waals surface area contributed by atoms with Gasteiger partial charge in [0.2, 0.25) is 0 Å².